The van der Waals surface area contributed by atoms with E-state index in [1.165, 1.54) is 14.0 Å². The number of benzene rings is 1. The summed E-state index contributed by atoms with van der Waals surface area (Å²) in [5, 5.41) is 0.193. The maximum Gasteiger partial charge on any atom is 0.316 e. The van der Waals surface area contributed by atoms with Crippen LogP contribution < -0.4 is 9.47 Å². The van der Waals surface area contributed by atoms with Crippen molar-refractivity contribution in [1.29, 1.82) is 0 Å². The van der Waals surface area contributed by atoms with E-state index in [1.54, 1.807) is 13.2 Å². The standard InChI is InChI=1S/C22H36O6Si/c1-16(23)19(21(24)26-6)14-17-10-11-18(15-20(17)25-5)27-12-9-13-28-29(7,8)22(2,3)4/h10-11,15,19H,9,12-14H2,1-8H3/t19-/m1/s1. The summed E-state index contributed by atoms with van der Waals surface area (Å²) in [6, 6.07) is 5.42. The van der Waals surface area contributed by atoms with Crippen molar-refractivity contribution < 1.29 is 28.2 Å². The van der Waals surface area contributed by atoms with Crippen molar-refractivity contribution in [3.8, 4) is 11.5 Å². The number of esters is 1. The molecule has 1 aromatic rings. The lowest BCUT2D eigenvalue weighted by atomic mass is 9.95. The van der Waals surface area contributed by atoms with E-state index in [0.717, 1.165) is 12.0 Å². The van der Waals surface area contributed by atoms with Gasteiger partial charge in [0.25, 0.3) is 0 Å². The molecule has 0 amide bonds. The van der Waals surface area contributed by atoms with Gasteiger partial charge in [0.1, 0.15) is 23.2 Å². The monoisotopic (exact) mass is 424 g/mol. The van der Waals surface area contributed by atoms with Crippen molar-refractivity contribution in [2.45, 2.75) is 58.7 Å². The molecule has 0 bridgehead atoms. The summed E-state index contributed by atoms with van der Waals surface area (Å²) in [4.78, 5) is 23.6. The lowest BCUT2D eigenvalue weighted by molar-refractivity contribution is -0.148. The van der Waals surface area contributed by atoms with Crippen LogP contribution >= 0.6 is 0 Å². The Kier molecular flexibility index (Phi) is 9.36. The Morgan fingerprint density at radius 1 is 1.10 bits per heavy atom. The van der Waals surface area contributed by atoms with Gasteiger partial charge in [0.2, 0.25) is 0 Å². The highest BCUT2D eigenvalue weighted by molar-refractivity contribution is 6.74. The lowest BCUT2D eigenvalue weighted by Crippen LogP contribution is -2.41. The number of carbonyl (C=O) groups is 2. The van der Waals surface area contributed by atoms with Gasteiger partial charge in [-0.05, 0) is 43.1 Å². The maximum atomic E-state index is 11.8. The second kappa shape index (κ2) is 10.8. The Morgan fingerprint density at radius 2 is 1.76 bits per heavy atom. The summed E-state index contributed by atoms with van der Waals surface area (Å²) in [6.07, 6.45) is 1.02. The molecule has 164 valence electrons. The van der Waals surface area contributed by atoms with Crippen LogP contribution in [0.5, 0.6) is 11.5 Å². The predicted octanol–water partition coefficient (Wildman–Crippen LogP) is 4.41. The first-order valence-electron chi connectivity index (χ1n) is 9.95. The van der Waals surface area contributed by atoms with Crippen LogP contribution in [-0.2, 0) is 25.2 Å². The first-order valence-corrected chi connectivity index (χ1v) is 12.9. The smallest absolute Gasteiger partial charge is 0.316 e. The summed E-state index contributed by atoms with van der Waals surface area (Å²) in [5.41, 5.74) is 0.756. The number of rotatable bonds is 11. The Bertz CT molecular complexity index is 693. The molecule has 0 saturated carbocycles. The van der Waals surface area contributed by atoms with Gasteiger partial charge < -0.3 is 18.6 Å². The van der Waals surface area contributed by atoms with E-state index < -0.39 is 20.2 Å². The molecule has 0 aliphatic heterocycles. The van der Waals surface area contributed by atoms with E-state index in [-0.39, 0.29) is 17.2 Å². The molecule has 0 aliphatic rings. The van der Waals surface area contributed by atoms with Crippen molar-refractivity contribution in [3.05, 3.63) is 23.8 Å². The molecule has 0 aromatic heterocycles. The maximum absolute atomic E-state index is 11.8. The Balaban J connectivity index is 2.66. The van der Waals surface area contributed by atoms with Gasteiger partial charge >= 0.3 is 5.97 Å². The quantitative estimate of drug-likeness (QED) is 0.227. The average Bonchev–Trinajstić information content (AvgIpc) is 2.64. The minimum Gasteiger partial charge on any atom is -0.496 e. The lowest BCUT2D eigenvalue weighted by Gasteiger charge is -2.36. The number of carbonyl (C=O) groups excluding carboxylic acids is 2. The molecule has 0 spiro atoms. The Hall–Kier alpha value is -1.86. The largest absolute Gasteiger partial charge is 0.496 e. The van der Waals surface area contributed by atoms with Crippen LogP contribution in [-0.4, -0.2) is 47.5 Å². The Morgan fingerprint density at radius 3 is 2.28 bits per heavy atom. The van der Waals surface area contributed by atoms with E-state index in [9.17, 15) is 9.59 Å². The molecule has 7 heteroatoms. The van der Waals surface area contributed by atoms with E-state index in [0.29, 0.717) is 24.7 Å². The second-order valence-electron chi connectivity index (χ2n) is 8.67. The number of hydrogen-bond acceptors (Lipinski definition) is 6. The minimum atomic E-state index is -1.73. The molecule has 0 aliphatic carbocycles. The third-order valence-corrected chi connectivity index (χ3v) is 10.0. The zero-order valence-corrected chi connectivity index (χ0v) is 20.1. The van der Waals surface area contributed by atoms with Gasteiger partial charge in [-0.2, -0.15) is 0 Å². The van der Waals surface area contributed by atoms with Crippen LogP contribution in [0.4, 0.5) is 0 Å². The van der Waals surface area contributed by atoms with E-state index >= 15 is 0 Å². The van der Waals surface area contributed by atoms with Crippen LogP contribution in [0.1, 0.15) is 39.7 Å². The second-order valence-corrected chi connectivity index (χ2v) is 13.5. The molecule has 0 unspecified atom stereocenters. The van der Waals surface area contributed by atoms with Crippen LogP contribution in [0.2, 0.25) is 18.1 Å². The van der Waals surface area contributed by atoms with Crippen molar-refractivity contribution in [2.75, 3.05) is 27.4 Å². The molecule has 29 heavy (non-hydrogen) atoms. The van der Waals surface area contributed by atoms with E-state index in [4.69, 9.17) is 18.6 Å². The van der Waals surface area contributed by atoms with Gasteiger partial charge in [0.15, 0.2) is 8.32 Å². The molecule has 0 heterocycles. The third-order valence-electron chi connectivity index (χ3n) is 5.49. The summed E-state index contributed by atoms with van der Waals surface area (Å²) in [7, 11) is 1.10. The molecule has 0 saturated heterocycles. The van der Waals surface area contributed by atoms with Crippen LogP contribution in [0.25, 0.3) is 0 Å². The number of hydrogen-bond donors (Lipinski definition) is 0. The highest BCUT2D eigenvalue weighted by Crippen LogP contribution is 2.36. The summed E-state index contributed by atoms with van der Waals surface area (Å²) >= 11 is 0. The van der Waals surface area contributed by atoms with E-state index in [1.807, 2.05) is 12.1 Å². The van der Waals surface area contributed by atoms with Crippen molar-refractivity contribution >= 4 is 20.1 Å². The summed E-state index contributed by atoms with van der Waals surface area (Å²) in [6.45, 7) is 13.7. The fraction of sp³-hybridized carbons (Fsp3) is 0.636. The normalized spacial score (nSPS) is 13.0. The molecular weight excluding hydrogens is 388 g/mol. The first-order chi connectivity index (χ1) is 13.4. The topological polar surface area (TPSA) is 71.1 Å². The van der Waals surface area contributed by atoms with Crippen molar-refractivity contribution in [3.63, 3.8) is 0 Å². The Labute approximate surface area is 176 Å². The van der Waals surface area contributed by atoms with Gasteiger partial charge in [-0.25, -0.2) is 0 Å². The van der Waals surface area contributed by atoms with Gasteiger partial charge in [-0.15, -0.1) is 0 Å². The number of Topliss-reactive ketones (excluding diaryl/α,β-unsaturated/α-hetero) is 1. The highest BCUT2D eigenvalue weighted by Gasteiger charge is 2.36. The zero-order valence-electron chi connectivity index (χ0n) is 19.1. The SMILES string of the molecule is COC(=O)[C@H](Cc1ccc(OCCCO[Si](C)(C)C(C)(C)C)cc1OC)C(C)=O. The van der Waals surface area contributed by atoms with Crippen molar-refractivity contribution in [2.24, 2.45) is 5.92 Å². The van der Waals surface area contributed by atoms with Gasteiger partial charge in [0, 0.05) is 19.1 Å². The summed E-state index contributed by atoms with van der Waals surface area (Å²) in [5.74, 6) is -0.360. The highest BCUT2D eigenvalue weighted by atomic mass is 28.4. The number of methoxy groups -OCH3 is 2. The fourth-order valence-corrected chi connectivity index (χ4v) is 3.62. The molecule has 1 atom stereocenters. The molecule has 1 aromatic carbocycles. The molecule has 0 N–H and O–H groups in total. The molecule has 0 fully saturated rings. The van der Waals surface area contributed by atoms with Crippen LogP contribution in [0, 0.1) is 5.92 Å². The molecule has 1 rings (SSSR count). The number of ether oxygens (including phenoxy) is 3. The van der Waals surface area contributed by atoms with Crippen molar-refractivity contribution in [1.82, 2.24) is 0 Å². The van der Waals surface area contributed by atoms with Gasteiger partial charge in [0.05, 0.1) is 20.8 Å². The van der Waals surface area contributed by atoms with Crippen LogP contribution in [0.3, 0.4) is 0 Å². The predicted molar refractivity (Wildman–Crippen MR) is 116 cm³/mol. The van der Waals surface area contributed by atoms with Gasteiger partial charge in [-0.3, -0.25) is 9.59 Å². The number of ketones is 1. The fourth-order valence-electron chi connectivity index (χ4n) is 2.53. The van der Waals surface area contributed by atoms with E-state index in [2.05, 4.69) is 33.9 Å². The average molecular weight is 425 g/mol. The molecular formula is C22H36O6Si. The minimum absolute atomic E-state index is 0.193. The van der Waals surface area contributed by atoms with Gasteiger partial charge in [-0.1, -0.05) is 26.8 Å². The third kappa shape index (κ3) is 7.47. The zero-order chi connectivity index (χ0) is 22.2. The molecule has 6 nitrogen and oxygen atoms in total. The summed E-state index contributed by atoms with van der Waals surface area (Å²) < 4.78 is 22.1. The molecule has 0 radical (unpaired) electrons. The first kappa shape index (κ1) is 25.2. The van der Waals surface area contributed by atoms with Crippen LogP contribution in [0.15, 0.2) is 18.2 Å².